The Morgan fingerprint density at radius 2 is 1.87 bits per heavy atom. The molecule has 0 amide bonds. The number of nitrogens with zero attached hydrogens (tertiary/aromatic N) is 1. The maximum absolute atomic E-state index is 4.55. The van der Waals surface area contributed by atoms with Gasteiger partial charge in [0.15, 0.2) is 0 Å². The van der Waals surface area contributed by atoms with Gasteiger partial charge in [-0.2, -0.15) is 0 Å². The minimum Gasteiger partial charge on any atom is -0.305 e. The SMILES string of the molecule is C=C(S)N(/C(=C\C)c1cccc(CC)c1)c1ccc(C)c(C)c1. The lowest BCUT2D eigenvalue weighted by Crippen LogP contribution is -2.18. The lowest BCUT2D eigenvalue weighted by Gasteiger charge is -2.28. The summed E-state index contributed by atoms with van der Waals surface area (Å²) in [6.07, 6.45) is 3.14. The minimum atomic E-state index is 0.711. The summed E-state index contributed by atoms with van der Waals surface area (Å²) in [4.78, 5) is 2.10. The van der Waals surface area contributed by atoms with E-state index in [1.165, 1.54) is 22.3 Å². The van der Waals surface area contributed by atoms with Gasteiger partial charge in [-0.3, -0.25) is 0 Å². The van der Waals surface area contributed by atoms with Crippen molar-refractivity contribution in [3.8, 4) is 0 Å². The van der Waals surface area contributed by atoms with E-state index in [9.17, 15) is 0 Å². The molecule has 0 unspecified atom stereocenters. The molecular formula is C21H25NS. The minimum absolute atomic E-state index is 0.711. The van der Waals surface area contributed by atoms with Crippen LogP contribution >= 0.6 is 12.6 Å². The summed E-state index contributed by atoms with van der Waals surface area (Å²) < 4.78 is 0. The largest absolute Gasteiger partial charge is 0.305 e. The van der Waals surface area contributed by atoms with Crippen LogP contribution in [0, 0.1) is 13.8 Å². The summed E-state index contributed by atoms with van der Waals surface area (Å²) >= 11 is 4.55. The summed E-state index contributed by atoms with van der Waals surface area (Å²) in [5.41, 5.74) is 7.24. The first-order valence-corrected chi connectivity index (χ1v) is 8.43. The average Bonchev–Trinajstić information content (AvgIpc) is 2.55. The van der Waals surface area contributed by atoms with E-state index in [-0.39, 0.29) is 0 Å². The molecule has 2 heteroatoms. The van der Waals surface area contributed by atoms with Crippen molar-refractivity contribution in [1.29, 1.82) is 0 Å². The van der Waals surface area contributed by atoms with Gasteiger partial charge in [0.2, 0.25) is 0 Å². The zero-order chi connectivity index (χ0) is 17.0. The predicted molar refractivity (Wildman–Crippen MR) is 106 cm³/mol. The van der Waals surface area contributed by atoms with Crippen molar-refractivity contribution in [2.24, 2.45) is 0 Å². The van der Waals surface area contributed by atoms with Crippen LogP contribution in [0.3, 0.4) is 0 Å². The maximum Gasteiger partial charge on any atom is 0.0694 e. The van der Waals surface area contributed by atoms with Gasteiger partial charge in [0, 0.05) is 11.4 Å². The first-order chi connectivity index (χ1) is 11.0. The lowest BCUT2D eigenvalue weighted by molar-refractivity contribution is 1.13. The van der Waals surface area contributed by atoms with Gasteiger partial charge < -0.3 is 4.90 Å². The summed E-state index contributed by atoms with van der Waals surface area (Å²) in [5, 5.41) is 0.711. The van der Waals surface area contributed by atoms with Crippen LogP contribution in [-0.2, 0) is 6.42 Å². The number of aryl methyl sites for hydroxylation is 3. The monoisotopic (exact) mass is 323 g/mol. The second-order valence-corrected chi connectivity index (χ2v) is 6.26. The molecule has 2 aromatic rings. The molecular weight excluding hydrogens is 298 g/mol. The number of rotatable bonds is 5. The van der Waals surface area contributed by atoms with Gasteiger partial charge in [-0.15, -0.1) is 12.6 Å². The van der Waals surface area contributed by atoms with Crippen molar-refractivity contribution < 1.29 is 0 Å². The molecule has 0 bridgehead atoms. The van der Waals surface area contributed by atoms with Crippen molar-refractivity contribution in [1.82, 2.24) is 0 Å². The molecule has 120 valence electrons. The fourth-order valence-corrected chi connectivity index (χ4v) is 2.89. The van der Waals surface area contributed by atoms with Crippen LogP contribution in [0.25, 0.3) is 5.70 Å². The van der Waals surface area contributed by atoms with Crippen molar-refractivity contribution in [2.45, 2.75) is 34.1 Å². The summed E-state index contributed by atoms with van der Waals surface area (Å²) in [7, 11) is 0. The first kappa shape index (κ1) is 17.4. The molecule has 0 aromatic heterocycles. The van der Waals surface area contributed by atoms with Gasteiger partial charge >= 0.3 is 0 Å². The number of thiol groups is 1. The van der Waals surface area contributed by atoms with Crippen LogP contribution < -0.4 is 4.90 Å². The third kappa shape index (κ3) is 3.89. The van der Waals surface area contributed by atoms with Gasteiger partial charge in [0.25, 0.3) is 0 Å². The van der Waals surface area contributed by atoms with Gasteiger partial charge in [0.1, 0.15) is 0 Å². The Labute approximate surface area is 145 Å². The predicted octanol–water partition coefficient (Wildman–Crippen LogP) is 6.13. The van der Waals surface area contributed by atoms with E-state index in [1.54, 1.807) is 0 Å². The van der Waals surface area contributed by atoms with Crippen LogP contribution in [0.2, 0.25) is 0 Å². The standard InChI is InChI=1S/C21H25NS/c1-6-18-9-8-10-19(14-18)21(7-2)22(17(5)23)20-12-11-15(3)16(4)13-20/h7-14,23H,5-6H2,1-4H3/b21-7-. The third-order valence-corrected chi connectivity index (χ3v) is 4.35. The highest BCUT2D eigenvalue weighted by molar-refractivity contribution is 7.84. The second kappa shape index (κ2) is 7.56. The third-order valence-electron chi connectivity index (χ3n) is 4.15. The molecule has 2 aromatic carbocycles. The van der Waals surface area contributed by atoms with E-state index in [0.29, 0.717) is 5.03 Å². The first-order valence-electron chi connectivity index (χ1n) is 7.98. The van der Waals surface area contributed by atoms with Crippen LogP contribution in [0.15, 0.2) is 60.1 Å². The second-order valence-electron chi connectivity index (χ2n) is 5.75. The zero-order valence-corrected chi connectivity index (χ0v) is 15.3. The summed E-state index contributed by atoms with van der Waals surface area (Å²) in [6.45, 7) is 12.6. The van der Waals surface area contributed by atoms with Gasteiger partial charge in [-0.25, -0.2) is 0 Å². The van der Waals surface area contributed by atoms with Crippen LogP contribution in [0.1, 0.15) is 36.1 Å². The molecule has 0 saturated carbocycles. The molecule has 0 fully saturated rings. The Morgan fingerprint density at radius 1 is 1.13 bits per heavy atom. The Bertz CT molecular complexity index is 743. The van der Waals surface area contributed by atoms with Gasteiger partial charge in [0.05, 0.1) is 5.03 Å². The average molecular weight is 324 g/mol. The fraction of sp³-hybridized carbons (Fsp3) is 0.238. The number of hydrogen-bond acceptors (Lipinski definition) is 2. The molecule has 0 heterocycles. The molecule has 0 atom stereocenters. The topological polar surface area (TPSA) is 3.24 Å². The normalized spacial score (nSPS) is 11.4. The van der Waals surface area contributed by atoms with Crippen molar-refractivity contribution in [3.05, 3.63) is 82.4 Å². The van der Waals surface area contributed by atoms with E-state index >= 15 is 0 Å². The molecule has 0 N–H and O–H groups in total. The molecule has 2 rings (SSSR count). The summed E-state index contributed by atoms with van der Waals surface area (Å²) in [5.74, 6) is 0. The Balaban J connectivity index is 2.53. The van der Waals surface area contributed by atoms with Crippen LogP contribution in [0.4, 0.5) is 5.69 Å². The molecule has 0 spiro atoms. The van der Waals surface area contributed by atoms with Gasteiger partial charge in [-0.1, -0.05) is 43.8 Å². The van der Waals surface area contributed by atoms with E-state index in [0.717, 1.165) is 17.8 Å². The number of hydrogen-bond donors (Lipinski definition) is 1. The molecule has 0 aliphatic rings. The lowest BCUT2D eigenvalue weighted by atomic mass is 10.0. The van der Waals surface area contributed by atoms with Crippen LogP contribution in [-0.4, -0.2) is 0 Å². The van der Waals surface area contributed by atoms with Crippen molar-refractivity contribution in [2.75, 3.05) is 4.90 Å². The quantitative estimate of drug-likeness (QED) is 0.647. The highest BCUT2D eigenvalue weighted by Gasteiger charge is 2.15. The van der Waals surface area contributed by atoms with E-state index in [1.807, 2.05) is 0 Å². The van der Waals surface area contributed by atoms with Crippen molar-refractivity contribution >= 4 is 24.0 Å². The fourth-order valence-electron chi connectivity index (χ4n) is 2.67. The molecule has 1 nitrogen and oxygen atoms in total. The van der Waals surface area contributed by atoms with Crippen LogP contribution in [0.5, 0.6) is 0 Å². The Kier molecular flexibility index (Phi) is 5.73. The zero-order valence-electron chi connectivity index (χ0n) is 14.4. The number of allylic oxidation sites excluding steroid dienone is 1. The van der Waals surface area contributed by atoms with E-state index < -0.39 is 0 Å². The molecule has 23 heavy (non-hydrogen) atoms. The highest BCUT2D eigenvalue weighted by atomic mass is 32.1. The Morgan fingerprint density at radius 3 is 2.43 bits per heavy atom. The highest BCUT2D eigenvalue weighted by Crippen LogP contribution is 2.32. The Hall–Kier alpha value is -1.93. The van der Waals surface area contributed by atoms with Crippen molar-refractivity contribution in [3.63, 3.8) is 0 Å². The molecule has 0 saturated heterocycles. The molecule has 0 aliphatic heterocycles. The number of benzene rings is 2. The maximum atomic E-state index is 4.55. The number of anilines is 1. The molecule has 0 radical (unpaired) electrons. The van der Waals surface area contributed by atoms with Gasteiger partial charge in [-0.05, 0) is 67.6 Å². The van der Waals surface area contributed by atoms with E-state index in [2.05, 4.69) is 100 Å². The van der Waals surface area contributed by atoms with E-state index in [4.69, 9.17) is 0 Å². The molecule has 0 aliphatic carbocycles. The smallest absolute Gasteiger partial charge is 0.0694 e. The summed E-state index contributed by atoms with van der Waals surface area (Å²) in [6, 6.07) is 15.1.